The Kier molecular flexibility index (Phi) is 3.90. The topological polar surface area (TPSA) is 97.6 Å². The van der Waals surface area contributed by atoms with Crippen LogP contribution in [-0.4, -0.2) is 62.4 Å². The normalized spacial score (nSPS) is 18.4. The fraction of sp³-hybridized carbons (Fsp3) is 0.385. The molecule has 0 saturated carbocycles. The molecule has 0 bridgehead atoms. The van der Waals surface area contributed by atoms with Gasteiger partial charge in [0.25, 0.3) is 5.91 Å². The van der Waals surface area contributed by atoms with Gasteiger partial charge in [0.2, 0.25) is 0 Å². The first-order valence-electron chi connectivity index (χ1n) is 6.62. The minimum Gasteiger partial charge on any atom is -0.480 e. The first-order chi connectivity index (χ1) is 10.6. The van der Waals surface area contributed by atoms with Gasteiger partial charge in [-0.15, -0.1) is 11.3 Å². The first-order valence-corrected chi connectivity index (χ1v) is 7.50. The Morgan fingerprint density at radius 2 is 2.32 bits per heavy atom. The third kappa shape index (κ3) is 2.72. The number of hydrogen-bond donors (Lipinski definition) is 1. The Bertz CT molecular complexity index is 710. The number of morpholine rings is 1. The highest BCUT2D eigenvalue weighted by atomic mass is 32.1. The van der Waals surface area contributed by atoms with Crippen LogP contribution in [-0.2, 0) is 16.6 Å². The third-order valence-electron chi connectivity index (χ3n) is 3.35. The Morgan fingerprint density at radius 1 is 1.50 bits per heavy atom. The Balaban J connectivity index is 1.83. The van der Waals surface area contributed by atoms with Crippen LogP contribution in [0.25, 0.3) is 10.6 Å². The summed E-state index contributed by atoms with van der Waals surface area (Å²) >= 11 is 1.33. The zero-order chi connectivity index (χ0) is 15.7. The van der Waals surface area contributed by atoms with Gasteiger partial charge in [-0.2, -0.15) is 5.10 Å². The number of ether oxygens (including phenoxy) is 1. The number of thiazole rings is 1. The molecule has 1 N–H and O–H groups in total. The van der Waals surface area contributed by atoms with Gasteiger partial charge in [-0.05, 0) is 0 Å². The van der Waals surface area contributed by atoms with E-state index >= 15 is 0 Å². The van der Waals surface area contributed by atoms with E-state index in [0.29, 0.717) is 11.6 Å². The van der Waals surface area contributed by atoms with Crippen LogP contribution in [0.3, 0.4) is 0 Å². The predicted molar refractivity (Wildman–Crippen MR) is 77.6 cm³/mol. The molecular weight excluding hydrogens is 308 g/mol. The average molecular weight is 322 g/mol. The fourth-order valence-corrected chi connectivity index (χ4v) is 3.00. The molecule has 1 aliphatic rings. The van der Waals surface area contributed by atoms with Gasteiger partial charge in [-0.3, -0.25) is 9.48 Å². The molecule has 0 spiro atoms. The number of aliphatic carboxylic acids is 1. The number of carbonyl (C=O) groups is 2. The molecule has 1 saturated heterocycles. The van der Waals surface area contributed by atoms with Gasteiger partial charge in [0.05, 0.1) is 19.4 Å². The lowest BCUT2D eigenvalue weighted by molar-refractivity contribution is -0.147. The number of nitrogens with zero attached hydrogens (tertiary/aromatic N) is 4. The van der Waals surface area contributed by atoms with Gasteiger partial charge in [-0.1, -0.05) is 0 Å². The molecule has 1 fully saturated rings. The van der Waals surface area contributed by atoms with Gasteiger partial charge < -0.3 is 14.7 Å². The van der Waals surface area contributed by atoms with Gasteiger partial charge in [0.15, 0.2) is 6.04 Å². The maximum atomic E-state index is 12.5. The molecule has 116 valence electrons. The highest BCUT2D eigenvalue weighted by Gasteiger charge is 2.34. The van der Waals surface area contributed by atoms with Crippen molar-refractivity contribution in [3.05, 3.63) is 23.5 Å². The largest absolute Gasteiger partial charge is 0.480 e. The van der Waals surface area contributed by atoms with Crippen molar-refractivity contribution < 1.29 is 19.4 Å². The number of carbonyl (C=O) groups excluding carboxylic acids is 1. The van der Waals surface area contributed by atoms with Crippen LogP contribution in [0.5, 0.6) is 0 Å². The summed E-state index contributed by atoms with van der Waals surface area (Å²) in [7, 11) is 1.80. The number of amides is 1. The van der Waals surface area contributed by atoms with Gasteiger partial charge >= 0.3 is 5.97 Å². The second-order valence-electron chi connectivity index (χ2n) is 4.87. The van der Waals surface area contributed by atoms with E-state index in [2.05, 4.69) is 10.1 Å². The molecule has 2 aromatic rings. The highest BCUT2D eigenvalue weighted by molar-refractivity contribution is 7.13. The lowest BCUT2D eigenvalue weighted by atomic mass is 10.2. The molecule has 9 heteroatoms. The standard InChI is InChI=1S/C13H14N4O4S/c1-16-5-8(4-14-16)11-15-9(7-22-11)12(18)17-2-3-21-6-10(17)13(19)20/h4-5,7,10H,2-3,6H2,1H3,(H,19,20)/t10-/m1/s1. The highest BCUT2D eigenvalue weighted by Crippen LogP contribution is 2.24. The Labute approximate surface area is 129 Å². The van der Waals surface area contributed by atoms with Crippen molar-refractivity contribution in [3.8, 4) is 10.6 Å². The zero-order valence-electron chi connectivity index (χ0n) is 11.8. The summed E-state index contributed by atoms with van der Waals surface area (Å²) in [5, 5.41) is 15.6. The summed E-state index contributed by atoms with van der Waals surface area (Å²) in [5.74, 6) is -1.46. The molecule has 0 aliphatic carbocycles. The molecule has 3 rings (SSSR count). The van der Waals surface area contributed by atoms with Crippen LogP contribution in [0.4, 0.5) is 0 Å². The first kappa shape index (κ1) is 14.7. The van der Waals surface area contributed by atoms with Crippen molar-refractivity contribution in [1.82, 2.24) is 19.7 Å². The molecule has 0 aromatic carbocycles. The van der Waals surface area contributed by atoms with E-state index < -0.39 is 12.0 Å². The van der Waals surface area contributed by atoms with Crippen molar-refractivity contribution in [2.75, 3.05) is 19.8 Å². The minimum atomic E-state index is -1.07. The van der Waals surface area contributed by atoms with E-state index in [1.807, 2.05) is 6.20 Å². The molecule has 22 heavy (non-hydrogen) atoms. The summed E-state index contributed by atoms with van der Waals surface area (Å²) in [5.41, 5.74) is 1.07. The van der Waals surface area contributed by atoms with Crippen LogP contribution >= 0.6 is 11.3 Å². The molecule has 3 heterocycles. The lowest BCUT2D eigenvalue weighted by Gasteiger charge is -2.32. The van der Waals surface area contributed by atoms with Crippen LogP contribution in [0.2, 0.25) is 0 Å². The lowest BCUT2D eigenvalue weighted by Crippen LogP contribution is -2.52. The molecule has 0 radical (unpaired) electrons. The molecule has 1 aliphatic heterocycles. The van der Waals surface area contributed by atoms with E-state index in [0.717, 1.165) is 5.56 Å². The summed E-state index contributed by atoms with van der Waals surface area (Å²) in [6.07, 6.45) is 3.48. The fourth-order valence-electron chi connectivity index (χ4n) is 2.23. The van der Waals surface area contributed by atoms with E-state index in [1.165, 1.54) is 16.2 Å². The number of aryl methyl sites for hydroxylation is 1. The maximum absolute atomic E-state index is 12.5. The molecule has 1 amide bonds. The second kappa shape index (κ2) is 5.85. The van der Waals surface area contributed by atoms with E-state index in [-0.39, 0.29) is 24.8 Å². The minimum absolute atomic E-state index is 0.000668. The molecule has 2 aromatic heterocycles. The number of rotatable bonds is 3. The zero-order valence-corrected chi connectivity index (χ0v) is 12.6. The molecular formula is C13H14N4O4S. The van der Waals surface area contributed by atoms with Gasteiger partial charge in [0.1, 0.15) is 10.7 Å². The molecule has 8 nitrogen and oxygen atoms in total. The summed E-state index contributed by atoms with van der Waals surface area (Å²) in [4.78, 5) is 29.3. The monoisotopic (exact) mass is 322 g/mol. The Morgan fingerprint density at radius 3 is 3.00 bits per heavy atom. The summed E-state index contributed by atoms with van der Waals surface area (Å²) < 4.78 is 6.79. The van der Waals surface area contributed by atoms with Crippen molar-refractivity contribution in [3.63, 3.8) is 0 Å². The van der Waals surface area contributed by atoms with Crippen LogP contribution in [0.1, 0.15) is 10.5 Å². The number of hydrogen-bond acceptors (Lipinski definition) is 6. The SMILES string of the molecule is Cn1cc(-c2nc(C(=O)N3CCOC[C@@H]3C(=O)O)cs2)cn1. The maximum Gasteiger partial charge on any atom is 0.328 e. The molecule has 1 atom stereocenters. The summed E-state index contributed by atoms with van der Waals surface area (Å²) in [6, 6.07) is -0.968. The van der Waals surface area contributed by atoms with Crippen molar-refractivity contribution in [2.45, 2.75) is 6.04 Å². The van der Waals surface area contributed by atoms with E-state index in [4.69, 9.17) is 4.74 Å². The number of aromatic nitrogens is 3. The second-order valence-corrected chi connectivity index (χ2v) is 5.73. The van der Waals surface area contributed by atoms with Gasteiger partial charge in [-0.25, -0.2) is 9.78 Å². The van der Waals surface area contributed by atoms with E-state index in [9.17, 15) is 14.7 Å². The van der Waals surface area contributed by atoms with Crippen molar-refractivity contribution >= 4 is 23.2 Å². The van der Waals surface area contributed by atoms with Crippen LogP contribution in [0, 0.1) is 0 Å². The van der Waals surface area contributed by atoms with Crippen LogP contribution in [0.15, 0.2) is 17.8 Å². The van der Waals surface area contributed by atoms with Gasteiger partial charge in [0, 0.05) is 30.7 Å². The number of carboxylic acid groups (broad SMARTS) is 1. The van der Waals surface area contributed by atoms with E-state index in [1.54, 1.807) is 23.3 Å². The predicted octanol–water partition coefficient (Wildman–Crippen LogP) is 0.469. The summed E-state index contributed by atoms with van der Waals surface area (Å²) in [6.45, 7) is 0.575. The van der Waals surface area contributed by atoms with Crippen molar-refractivity contribution in [2.24, 2.45) is 7.05 Å². The average Bonchev–Trinajstić information content (AvgIpc) is 3.15. The van der Waals surface area contributed by atoms with Crippen molar-refractivity contribution in [1.29, 1.82) is 0 Å². The third-order valence-corrected chi connectivity index (χ3v) is 4.24. The Hall–Kier alpha value is -2.26. The quantitative estimate of drug-likeness (QED) is 0.882. The van der Waals surface area contributed by atoms with Crippen LogP contribution < -0.4 is 0 Å². The molecule has 0 unspecified atom stereocenters. The number of carboxylic acids is 1. The smallest absolute Gasteiger partial charge is 0.328 e.